The van der Waals surface area contributed by atoms with Crippen molar-refractivity contribution in [1.29, 1.82) is 0 Å². The van der Waals surface area contributed by atoms with Crippen molar-refractivity contribution in [2.45, 2.75) is 16.5 Å². The minimum Gasteiger partial charge on any atom is -0.357 e. The first-order valence-electron chi connectivity index (χ1n) is 6.50. The average Bonchev–Trinajstić information content (AvgIpc) is 2.94. The first-order chi connectivity index (χ1) is 10.6. The number of halogens is 1. The number of thioether (sulfide) groups is 1. The monoisotopic (exact) mass is 338 g/mol. The van der Waals surface area contributed by atoms with Gasteiger partial charge in [0.25, 0.3) is 0 Å². The van der Waals surface area contributed by atoms with E-state index in [1.807, 2.05) is 0 Å². The zero-order valence-corrected chi connectivity index (χ0v) is 13.5. The van der Waals surface area contributed by atoms with E-state index in [4.69, 9.17) is 0 Å². The first kappa shape index (κ1) is 16.4. The number of aromatic nitrogens is 2. The average molecular weight is 338 g/mol. The summed E-state index contributed by atoms with van der Waals surface area (Å²) in [6.45, 7) is 5.94. The summed E-state index contributed by atoms with van der Waals surface area (Å²) < 4.78 is 14.2. The van der Waals surface area contributed by atoms with Crippen LogP contribution in [0.4, 0.5) is 15.2 Å². The largest absolute Gasteiger partial charge is 0.357 e. The predicted octanol–water partition coefficient (Wildman–Crippen LogP) is 3.39. The topological polar surface area (TPSA) is 66.9 Å². The summed E-state index contributed by atoms with van der Waals surface area (Å²) in [5.74, 6) is -0.745. The molecule has 1 heterocycles. The lowest BCUT2D eigenvalue weighted by molar-refractivity contribution is -0.115. The number of rotatable bonds is 7. The predicted molar refractivity (Wildman–Crippen MR) is 88.9 cm³/mol. The maximum absolute atomic E-state index is 13.5. The van der Waals surface area contributed by atoms with Crippen molar-refractivity contribution in [2.75, 3.05) is 17.2 Å². The molecule has 116 valence electrons. The molecule has 0 saturated carbocycles. The summed E-state index contributed by atoms with van der Waals surface area (Å²) in [5, 5.41) is 13.8. The number of benzene rings is 1. The second kappa shape index (κ2) is 7.90. The second-order valence-corrected chi connectivity index (χ2v) is 6.84. The highest BCUT2D eigenvalue weighted by Gasteiger charge is 2.18. The van der Waals surface area contributed by atoms with Gasteiger partial charge in [-0.3, -0.25) is 4.79 Å². The molecular formula is C14H15FN4OS2. The summed E-state index contributed by atoms with van der Waals surface area (Å²) in [5.41, 5.74) is 0.172. The fraction of sp³-hybridized carbons (Fsp3) is 0.214. The minimum absolute atomic E-state index is 0.172. The Hall–Kier alpha value is -1.93. The van der Waals surface area contributed by atoms with E-state index in [9.17, 15) is 9.18 Å². The summed E-state index contributed by atoms with van der Waals surface area (Å²) in [7, 11) is 0. The van der Waals surface area contributed by atoms with E-state index in [0.717, 1.165) is 0 Å². The molecule has 0 saturated heterocycles. The molecule has 22 heavy (non-hydrogen) atoms. The van der Waals surface area contributed by atoms with Crippen LogP contribution in [0.2, 0.25) is 0 Å². The maximum atomic E-state index is 13.5. The van der Waals surface area contributed by atoms with Gasteiger partial charge < -0.3 is 10.6 Å². The van der Waals surface area contributed by atoms with Crippen molar-refractivity contribution in [2.24, 2.45) is 0 Å². The smallest absolute Gasteiger partial charge is 0.237 e. The van der Waals surface area contributed by atoms with E-state index >= 15 is 0 Å². The van der Waals surface area contributed by atoms with E-state index in [1.54, 1.807) is 25.1 Å². The Kier molecular flexibility index (Phi) is 5.91. The quantitative estimate of drug-likeness (QED) is 0.598. The molecule has 5 nitrogen and oxygen atoms in total. The van der Waals surface area contributed by atoms with E-state index in [-0.39, 0.29) is 11.6 Å². The van der Waals surface area contributed by atoms with Crippen LogP contribution < -0.4 is 10.6 Å². The normalized spacial score (nSPS) is 11.7. The molecule has 1 aromatic heterocycles. The fourth-order valence-electron chi connectivity index (χ4n) is 1.49. The van der Waals surface area contributed by atoms with Crippen molar-refractivity contribution >= 4 is 39.8 Å². The summed E-state index contributed by atoms with van der Waals surface area (Å²) in [6, 6.07) is 6.06. The van der Waals surface area contributed by atoms with E-state index in [1.165, 1.54) is 35.2 Å². The first-order valence-corrected chi connectivity index (χ1v) is 8.20. The third-order valence-electron chi connectivity index (χ3n) is 2.58. The van der Waals surface area contributed by atoms with Gasteiger partial charge in [0.2, 0.25) is 11.0 Å². The van der Waals surface area contributed by atoms with E-state index in [2.05, 4.69) is 27.4 Å². The Morgan fingerprint density at radius 3 is 3.00 bits per heavy atom. The number of nitrogens with zero attached hydrogens (tertiary/aromatic N) is 2. The molecule has 2 rings (SSSR count). The van der Waals surface area contributed by atoms with Crippen LogP contribution in [-0.2, 0) is 4.79 Å². The van der Waals surface area contributed by atoms with Gasteiger partial charge in [0.05, 0.1) is 10.9 Å². The summed E-state index contributed by atoms with van der Waals surface area (Å²) >= 11 is 2.63. The Labute approximate surface area is 136 Å². The van der Waals surface area contributed by atoms with Gasteiger partial charge in [-0.1, -0.05) is 41.3 Å². The van der Waals surface area contributed by atoms with Crippen molar-refractivity contribution in [3.63, 3.8) is 0 Å². The second-order valence-electron chi connectivity index (χ2n) is 4.27. The molecule has 0 aliphatic carbocycles. The fourth-order valence-corrected chi connectivity index (χ4v) is 3.39. The molecular weight excluding hydrogens is 323 g/mol. The molecule has 8 heteroatoms. The molecule has 2 N–H and O–H groups in total. The molecule has 0 radical (unpaired) electrons. The van der Waals surface area contributed by atoms with Gasteiger partial charge in [-0.15, -0.1) is 16.8 Å². The number of nitrogens with one attached hydrogen (secondary N) is 2. The molecule has 1 amide bonds. The number of anilines is 2. The van der Waals surface area contributed by atoms with Crippen LogP contribution in [0, 0.1) is 5.82 Å². The lowest BCUT2D eigenvalue weighted by atomic mass is 10.3. The Balaban J connectivity index is 1.92. The van der Waals surface area contributed by atoms with Crippen LogP contribution in [-0.4, -0.2) is 27.9 Å². The lowest BCUT2D eigenvalue weighted by Crippen LogP contribution is -2.22. The van der Waals surface area contributed by atoms with Crippen LogP contribution in [0.15, 0.2) is 41.3 Å². The van der Waals surface area contributed by atoms with Gasteiger partial charge in [-0.25, -0.2) is 4.39 Å². The molecule has 2 aromatic rings. The van der Waals surface area contributed by atoms with Crippen LogP contribution in [0.3, 0.4) is 0 Å². The van der Waals surface area contributed by atoms with Gasteiger partial charge in [0.15, 0.2) is 4.34 Å². The number of para-hydroxylation sites is 1. The summed E-state index contributed by atoms with van der Waals surface area (Å²) in [6.07, 6.45) is 1.72. The van der Waals surface area contributed by atoms with Crippen molar-refractivity contribution in [1.82, 2.24) is 10.2 Å². The zero-order valence-electron chi connectivity index (χ0n) is 11.9. The molecule has 0 bridgehead atoms. The highest BCUT2D eigenvalue weighted by molar-refractivity contribution is 8.02. The van der Waals surface area contributed by atoms with Gasteiger partial charge in [-0.05, 0) is 19.1 Å². The van der Waals surface area contributed by atoms with Crippen LogP contribution in [0.5, 0.6) is 0 Å². The van der Waals surface area contributed by atoms with Crippen molar-refractivity contribution in [3.05, 3.63) is 42.7 Å². The maximum Gasteiger partial charge on any atom is 0.237 e. The SMILES string of the molecule is C=CCNc1nnc(S[C@H](C)C(=O)Nc2ccccc2F)s1. The highest BCUT2D eigenvalue weighted by atomic mass is 32.2. The Morgan fingerprint density at radius 1 is 1.50 bits per heavy atom. The van der Waals surface area contributed by atoms with Gasteiger partial charge in [0.1, 0.15) is 5.82 Å². The van der Waals surface area contributed by atoms with Gasteiger partial charge in [0, 0.05) is 6.54 Å². The third kappa shape index (κ3) is 4.54. The Bertz CT molecular complexity index is 662. The molecule has 0 spiro atoms. The van der Waals surface area contributed by atoms with E-state index in [0.29, 0.717) is 16.0 Å². The standard InChI is InChI=1S/C14H15FN4OS2/c1-3-8-16-13-18-19-14(22-13)21-9(2)12(20)17-11-7-5-4-6-10(11)15/h3-7,9H,1,8H2,2H3,(H,16,18)(H,17,20)/t9-/m1/s1. The molecule has 1 atom stereocenters. The van der Waals surface area contributed by atoms with Crippen molar-refractivity contribution in [3.8, 4) is 0 Å². The number of carbonyl (C=O) groups excluding carboxylic acids is 1. The third-order valence-corrected chi connectivity index (χ3v) is 4.65. The number of carbonyl (C=O) groups is 1. The zero-order chi connectivity index (χ0) is 15.9. The number of hydrogen-bond donors (Lipinski definition) is 2. The van der Waals surface area contributed by atoms with E-state index < -0.39 is 11.1 Å². The molecule has 1 aromatic carbocycles. The molecule has 0 unspecified atom stereocenters. The minimum atomic E-state index is -0.458. The van der Waals surface area contributed by atoms with Crippen LogP contribution in [0.25, 0.3) is 0 Å². The molecule has 0 aliphatic rings. The molecule has 0 fully saturated rings. The van der Waals surface area contributed by atoms with Gasteiger partial charge >= 0.3 is 0 Å². The number of amides is 1. The molecule has 0 aliphatic heterocycles. The Morgan fingerprint density at radius 2 is 2.27 bits per heavy atom. The lowest BCUT2D eigenvalue weighted by Gasteiger charge is -2.10. The van der Waals surface area contributed by atoms with Gasteiger partial charge in [-0.2, -0.15) is 0 Å². The van der Waals surface area contributed by atoms with Crippen molar-refractivity contribution < 1.29 is 9.18 Å². The highest BCUT2D eigenvalue weighted by Crippen LogP contribution is 2.29. The summed E-state index contributed by atoms with van der Waals surface area (Å²) in [4.78, 5) is 12.1. The number of hydrogen-bond acceptors (Lipinski definition) is 6. The van der Waals surface area contributed by atoms with Crippen LogP contribution >= 0.6 is 23.1 Å². The van der Waals surface area contributed by atoms with Crippen LogP contribution in [0.1, 0.15) is 6.92 Å².